The summed E-state index contributed by atoms with van der Waals surface area (Å²) >= 11 is 0. The predicted octanol–water partition coefficient (Wildman–Crippen LogP) is 3.54. The number of hydrogen-bond acceptors (Lipinski definition) is 5. The number of halogens is 2. The molecule has 1 aromatic heterocycles. The van der Waals surface area contributed by atoms with Crippen molar-refractivity contribution in [3.63, 3.8) is 0 Å². The van der Waals surface area contributed by atoms with Crippen molar-refractivity contribution in [3.05, 3.63) is 101 Å². The van der Waals surface area contributed by atoms with Gasteiger partial charge in [-0.2, -0.15) is 0 Å². The van der Waals surface area contributed by atoms with E-state index < -0.39 is 12.1 Å². The molecule has 0 fully saturated rings. The Labute approximate surface area is 206 Å². The van der Waals surface area contributed by atoms with Gasteiger partial charge in [-0.1, -0.05) is 60.7 Å². The van der Waals surface area contributed by atoms with Crippen LogP contribution in [0.1, 0.15) is 22.3 Å². The number of pyridine rings is 1. The van der Waals surface area contributed by atoms with Gasteiger partial charge in [-0.25, -0.2) is 4.79 Å². The van der Waals surface area contributed by atoms with Gasteiger partial charge in [0.15, 0.2) is 0 Å². The summed E-state index contributed by atoms with van der Waals surface area (Å²) in [7, 11) is 0. The van der Waals surface area contributed by atoms with Crippen LogP contribution in [-0.2, 0) is 35.6 Å². The van der Waals surface area contributed by atoms with Gasteiger partial charge in [-0.05, 0) is 34.7 Å². The van der Waals surface area contributed by atoms with Crippen molar-refractivity contribution in [1.29, 1.82) is 0 Å². The molecule has 2 aromatic carbocycles. The van der Waals surface area contributed by atoms with Crippen molar-refractivity contribution < 1.29 is 14.3 Å². The highest BCUT2D eigenvalue weighted by Crippen LogP contribution is 2.06. The number of benzene rings is 2. The minimum Gasteiger partial charge on any atom is -0.445 e. The minimum atomic E-state index is -0.630. The summed E-state index contributed by atoms with van der Waals surface area (Å²) < 4.78 is 5.19. The van der Waals surface area contributed by atoms with E-state index in [1.807, 2.05) is 66.7 Å². The molecule has 4 N–H and O–H groups in total. The minimum absolute atomic E-state index is 0. The zero-order valence-corrected chi connectivity index (χ0v) is 19.6. The first-order valence-corrected chi connectivity index (χ1v) is 10.0. The molecule has 3 rings (SSSR count). The van der Waals surface area contributed by atoms with E-state index in [2.05, 4.69) is 15.6 Å². The van der Waals surface area contributed by atoms with Crippen LogP contribution in [0.5, 0.6) is 0 Å². The monoisotopic (exact) mass is 490 g/mol. The zero-order chi connectivity index (χ0) is 21.9. The average Bonchev–Trinajstić information content (AvgIpc) is 2.81. The van der Waals surface area contributed by atoms with E-state index in [1.54, 1.807) is 12.4 Å². The number of nitrogens with two attached hydrogens (primary N) is 1. The van der Waals surface area contributed by atoms with Crippen molar-refractivity contribution in [2.75, 3.05) is 0 Å². The third kappa shape index (κ3) is 9.91. The van der Waals surface area contributed by atoms with Crippen LogP contribution in [0.4, 0.5) is 4.79 Å². The van der Waals surface area contributed by atoms with E-state index in [0.717, 1.165) is 22.3 Å². The topological polar surface area (TPSA) is 106 Å². The number of carbonyl (C=O) groups excluding carboxylic acids is 2. The SMILES string of the molecule is Cl.Cl.N[C@@H](Cc1cccnc1)C(=O)NCc1ccc(CNC(=O)OCc2ccccc2)cc1. The quantitative estimate of drug-likeness (QED) is 0.425. The van der Waals surface area contributed by atoms with Gasteiger partial charge in [0.25, 0.3) is 0 Å². The summed E-state index contributed by atoms with van der Waals surface area (Å²) in [5.41, 5.74) is 9.70. The standard InChI is InChI=1S/C24H26N4O3.2ClH/c25-22(13-21-7-4-12-26-14-21)23(29)27-15-18-8-10-19(11-9-18)16-28-24(30)31-17-20-5-2-1-3-6-20;;/h1-12,14,22H,13,15-17,25H2,(H,27,29)(H,28,30);2*1H/t22-;;/m0../s1. The number of aromatic nitrogens is 1. The molecule has 0 saturated heterocycles. The van der Waals surface area contributed by atoms with Crippen molar-refractivity contribution in [2.45, 2.75) is 32.2 Å². The lowest BCUT2D eigenvalue weighted by atomic mass is 10.1. The summed E-state index contributed by atoms with van der Waals surface area (Å²) in [6.07, 6.45) is 3.35. The number of nitrogens with zero attached hydrogens (tertiary/aromatic N) is 1. The Hall–Kier alpha value is -3.13. The largest absolute Gasteiger partial charge is 0.445 e. The van der Waals surface area contributed by atoms with Crippen LogP contribution in [0.15, 0.2) is 79.1 Å². The van der Waals surface area contributed by atoms with E-state index in [4.69, 9.17) is 10.5 Å². The molecule has 9 heteroatoms. The van der Waals surface area contributed by atoms with Gasteiger partial charge in [-0.15, -0.1) is 24.8 Å². The molecule has 2 amide bonds. The third-order valence-electron chi connectivity index (χ3n) is 4.65. The second kappa shape index (κ2) is 14.8. The lowest BCUT2D eigenvalue weighted by Gasteiger charge is -2.12. The van der Waals surface area contributed by atoms with E-state index in [-0.39, 0.29) is 37.3 Å². The van der Waals surface area contributed by atoms with Crippen molar-refractivity contribution >= 4 is 36.8 Å². The van der Waals surface area contributed by atoms with Crippen LogP contribution < -0.4 is 16.4 Å². The maximum absolute atomic E-state index is 12.2. The van der Waals surface area contributed by atoms with Gasteiger partial charge in [0, 0.05) is 25.5 Å². The highest BCUT2D eigenvalue weighted by Gasteiger charge is 2.13. The number of nitrogens with one attached hydrogen (secondary N) is 2. The molecule has 1 heterocycles. The first-order valence-electron chi connectivity index (χ1n) is 10.0. The Kier molecular flexibility index (Phi) is 12.5. The molecule has 0 saturated carbocycles. The molecule has 0 aliphatic rings. The predicted molar refractivity (Wildman–Crippen MR) is 132 cm³/mol. The van der Waals surface area contributed by atoms with Crippen molar-refractivity contribution in [1.82, 2.24) is 15.6 Å². The second-order valence-corrected chi connectivity index (χ2v) is 7.12. The molecule has 0 spiro atoms. The van der Waals surface area contributed by atoms with Crippen molar-refractivity contribution in [3.8, 4) is 0 Å². The normalized spacial score (nSPS) is 10.7. The third-order valence-corrected chi connectivity index (χ3v) is 4.65. The molecule has 0 unspecified atom stereocenters. The maximum atomic E-state index is 12.2. The fourth-order valence-corrected chi connectivity index (χ4v) is 2.91. The van der Waals surface area contributed by atoms with E-state index in [0.29, 0.717) is 19.5 Å². The number of alkyl carbamates (subject to hydrolysis) is 1. The van der Waals surface area contributed by atoms with Gasteiger partial charge in [0.2, 0.25) is 5.91 Å². The number of carbonyl (C=O) groups is 2. The summed E-state index contributed by atoms with van der Waals surface area (Å²) in [4.78, 5) is 28.1. The molecule has 0 aliphatic heterocycles. The van der Waals surface area contributed by atoms with Gasteiger partial charge >= 0.3 is 6.09 Å². The molecular formula is C24H28Cl2N4O3. The van der Waals surface area contributed by atoms with Crippen LogP contribution in [0.2, 0.25) is 0 Å². The molecule has 3 aromatic rings. The zero-order valence-electron chi connectivity index (χ0n) is 18.0. The number of amides is 2. The highest BCUT2D eigenvalue weighted by molar-refractivity contribution is 5.85. The van der Waals surface area contributed by atoms with Gasteiger partial charge in [-0.3, -0.25) is 9.78 Å². The molecule has 176 valence electrons. The van der Waals surface area contributed by atoms with Crippen LogP contribution >= 0.6 is 24.8 Å². The number of ether oxygens (including phenoxy) is 1. The van der Waals surface area contributed by atoms with Crippen LogP contribution in [0, 0.1) is 0 Å². The Balaban J connectivity index is 0.00000272. The summed E-state index contributed by atoms with van der Waals surface area (Å²) in [5, 5.41) is 5.57. The number of rotatable bonds is 9. The first kappa shape index (κ1) is 27.9. The molecular weight excluding hydrogens is 463 g/mol. The van der Waals surface area contributed by atoms with E-state index in [9.17, 15) is 9.59 Å². The molecule has 0 bridgehead atoms. The smallest absolute Gasteiger partial charge is 0.407 e. The summed E-state index contributed by atoms with van der Waals surface area (Å²) in [6, 6.07) is 20.2. The Morgan fingerprint density at radius 3 is 2.03 bits per heavy atom. The summed E-state index contributed by atoms with van der Waals surface area (Å²) in [5.74, 6) is -0.212. The average molecular weight is 491 g/mol. The van der Waals surface area contributed by atoms with E-state index >= 15 is 0 Å². The Bertz CT molecular complexity index is 974. The van der Waals surface area contributed by atoms with Gasteiger partial charge < -0.3 is 21.1 Å². The molecule has 0 aliphatic carbocycles. The molecule has 1 atom stereocenters. The van der Waals surface area contributed by atoms with Crippen LogP contribution in [-0.4, -0.2) is 23.0 Å². The van der Waals surface area contributed by atoms with Gasteiger partial charge in [0.05, 0.1) is 6.04 Å². The second-order valence-electron chi connectivity index (χ2n) is 7.12. The highest BCUT2D eigenvalue weighted by atomic mass is 35.5. The fourth-order valence-electron chi connectivity index (χ4n) is 2.91. The van der Waals surface area contributed by atoms with Crippen molar-refractivity contribution in [2.24, 2.45) is 5.73 Å². The maximum Gasteiger partial charge on any atom is 0.407 e. The number of hydrogen-bond donors (Lipinski definition) is 3. The Morgan fingerprint density at radius 1 is 0.818 bits per heavy atom. The summed E-state index contributed by atoms with van der Waals surface area (Å²) in [6.45, 7) is 0.969. The van der Waals surface area contributed by atoms with E-state index in [1.165, 1.54) is 0 Å². The van der Waals surface area contributed by atoms with Gasteiger partial charge in [0.1, 0.15) is 6.61 Å². The first-order chi connectivity index (χ1) is 15.1. The fraction of sp³-hybridized carbons (Fsp3) is 0.208. The lowest BCUT2D eigenvalue weighted by molar-refractivity contribution is -0.122. The lowest BCUT2D eigenvalue weighted by Crippen LogP contribution is -2.41. The molecule has 7 nitrogen and oxygen atoms in total. The van der Waals surface area contributed by atoms with Crippen LogP contribution in [0.25, 0.3) is 0 Å². The molecule has 0 radical (unpaired) electrons. The molecule has 33 heavy (non-hydrogen) atoms. The van der Waals surface area contributed by atoms with Crippen LogP contribution in [0.3, 0.4) is 0 Å². The Morgan fingerprint density at radius 2 is 1.42 bits per heavy atom.